The van der Waals surface area contributed by atoms with Crippen LogP contribution in [0.5, 0.6) is 11.5 Å². The van der Waals surface area contributed by atoms with Crippen molar-refractivity contribution in [1.82, 2.24) is 9.88 Å². The van der Waals surface area contributed by atoms with Gasteiger partial charge in [0.2, 0.25) is 0 Å². The molecule has 1 aliphatic rings. The molecular weight excluding hydrogens is 460 g/mol. The summed E-state index contributed by atoms with van der Waals surface area (Å²) in [5.74, 6) is -1.30. The van der Waals surface area contributed by atoms with Crippen LogP contribution < -0.4 is 9.47 Å². The van der Waals surface area contributed by atoms with Crippen LogP contribution in [0, 0.1) is 6.92 Å². The van der Waals surface area contributed by atoms with Gasteiger partial charge in [0.05, 0.1) is 43.0 Å². The van der Waals surface area contributed by atoms with E-state index in [0.29, 0.717) is 5.75 Å². The Balaban J connectivity index is 2.00. The Morgan fingerprint density at radius 3 is 2.50 bits per heavy atom. The quantitative estimate of drug-likeness (QED) is 0.296. The molecule has 4 rings (SSSR count). The molecule has 1 atom stereocenters. The van der Waals surface area contributed by atoms with Gasteiger partial charge in [0.15, 0.2) is 0 Å². The van der Waals surface area contributed by atoms with Crippen LogP contribution in [0.15, 0.2) is 42.0 Å². The number of halogens is 1. The minimum Gasteiger partial charge on any atom is -0.507 e. The normalized spacial score (nSPS) is 17.6. The fourth-order valence-corrected chi connectivity index (χ4v) is 4.68. The third-order valence-corrected chi connectivity index (χ3v) is 6.32. The van der Waals surface area contributed by atoms with Gasteiger partial charge >= 0.3 is 0 Å². The number of benzene rings is 2. The molecule has 1 amide bonds. The number of H-pyrrole nitrogens is 1. The number of ketones is 1. The molecule has 2 aromatic carbocycles. The Hall–Kier alpha value is -3.49. The van der Waals surface area contributed by atoms with Crippen molar-refractivity contribution in [2.45, 2.75) is 13.0 Å². The van der Waals surface area contributed by atoms with Crippen molar-refractivity contribution in [2.24, 2.45) is 0 Å². The van der Waals surface area contributed by atoms with Crippen molar-refractivity contribution in [2.75, 3.05) is 34.5 Å². The second-order valence-electron chi connectivity index (χ2n) is 7.88. The maximum absolute atomic E-state index is 13.3. The van der Waals surface area contributed by atoms with E-state index >= 15 is 0 Å². The number of nitrogens with zero attached hydrogens (tertiary/aromatic N) is 1. The number of nitrogens with one attached hydrogen (secondary N) is 1. The Kier molecular flexibility index (Phi) is 6.54. The summed E-state index contributed by atoms with van der Waals surface area (Å²) in [6, 6.07) is 9.74. The predicted octanol–water partition coefficient (Wildman–Crippen LogP) is 4.22. The number of ether oxygens (including phenoxy) is 3. The third-order valence-electron chi connectivity index (χ3n) is 6.02. The van der Waals surface area contributed by atoms with Gasteiger partial charge in [0.25, 0.3) is 11.7 Å². The average molecular weight is 485 g/mol. The van der Waals surface area contributed by atoms with Crippen LogP contribution in [0.25, 0.3) is 16.7 Å². The molecule has 9 heteroatoms. The molecule has 1 fully saturated rings. The van der Waals surface area contributed by atoms with Gasteiger partial charge in [0, 0.05) is 41.9 Å². The van der Waals surface area contributed by atoms with E-state index in [1.165, 1.54) is 38.4 Å². The largest absolute Gasteiger partial charge is 0.507 e. The van der Waals surface area contributed by atoms with Crippen LogP contribution >= 0.6 is 11.6 Å². The number of likely N-dealkylation sites (tertiary alicyclic amines) is 1. The fourth-order valence-electron chi connectivity index (χ4n) is 4.44. The van der Waals surface area contributed by atoms with Gasteiger partial charge in [-0.1, -0.05) is 29.8 Å². The number of fused-ring (bicyclic) bond motifs is 1. The zero-order chi connectivity index (χ0) is 24.6. The number of aromatic amines is 1. The number of aromatic nitrogens is 1. The molecule has 0 bridgehead atoms. The van der Waals surface area contributed by atoms with Crippen molar-refractivity contribution in [1.29, 1.82) is 0 Å². The number of methoxy groups -OCH3 is 3. The lowest BCUT2D eigenvalue weighted by molar-refractivity contribution is -0.140. The third kappa shape index (κ3) is 3.78. The van der Waals surface area contributed by atoms with Crippen LogP contribution in [0.3, 0.4) is 0 Å². The number of carbonyl (C=O) groups excluding carboxylic acids is 2. The Morgan fingerprint density at radius 1 is 1.12 bits per heavy atom. The van der Waals surface area contributed by atoms with Gasteiger partial charge in [-0.3, -0.25) is 9.59 Å². The van der Waals surface area contributed by atoms with Crippen LogP contribution in [-0.2, 0) is 14.3 Å². The number of carbonyl (C=O) groups is 2. The van der Waals surface area contributed by atoms with Crippen molar-refractivity contribution in [3.63, 3.8) is 0 Å². The van der Waals surface area contributed by atoms with Gasteiger partial charge in [-0.2, -0.15) is 0 Å². The van der Waals surface area contributed by atoms with E-state index in [1.807, 2.05) is 31.2 Å². The van der Waals surface area contributed by atoms with E-state index in [-0.39, 0.29) is 40.8 Å². The maximum Gasteiger partial charge on any atom is 0.295 e. The van der Waals surface area contributed by atoms with E-state index in [4.69, 9.17) is 25.8 Å². The lowest BCUT2D eigenvalue weighted by atomic mass is 9.93. The minimum atomic E-state index is -0.836. The Labute approximate surface area is 201 Å². The molecule has 8 nitrogen and oxygen atoms in total. The highest BCUT2D eigenvalue weighted by atomic mass is 35.5. The van der Waals surface area contributed by atoms with Gasteiger partial charge < -0.3 is 29.2 Å². The number of para-hydroxylation sites is 1. The minimum absolute atomic E-state index is 0.0477. The summed E-state index contributed by atoms with van der Waals surface area (Å²) in [7, 11) is 4.41. The Morgan fingerprint density at radius 2 is 1.82 bits per heavy atom. The number of Topliss-reactive ketones (excluding diaryl/α,β-unsaturated/α-hetero) is 1. The molecule has 2 N–H and O–H groups in total. The summed E-state index contributed by atoms with van der Waals surface area (Å²) in [5, 5.41) is 12.5. The molecule has 2 heterocycles. The predicted molar refractivity (Wildman–Crippen MR) is 128 cm³/mol. The summed E-state index contributed by atoms with van der Waals surface area (Å²) in [5.41, 5.74) is 2.50. The molecule has 0 saturated carbocycles. The van der Waals surface area contributed by atoms with Crippen molar-refractivity contribution >= 4 is 40.0 Å². The lowest BCUT2D eigenvalue weighted by Crippen LogP contribution is -2.32. The highest BCUT2D eigenvalue weighted by Crippen LogP contribution is 2.45. The summed E-state index contributed by atoms with van der Waals surface area (Å²) < 4.78 is 15.8. The summed E-state index contributed by atoms with van der Waals surface area (Å²) in [4.78, 5) is 31.2. The molecule has 0 aliphatic carbocycles. The molecule has 1 aliphatic heterocycles. The van der Waals surface area contributed by atoms with E-state index in [9.17, 15) is 14.7 Å². The zero-order valence-corrected chi connectivity index (χ0v) is 20.0. The first-order chi connectivity index (χ1) is 16.3. The van der Waals surface area contributed by atoms with E-state index in [0.717, 1.165) is 22.2 Å². The standard InChI is InChI=1S/C25H25ClN2O6/c1-13-20(14-7-5-6-8-17(14)27-13)22-21(24(30)25(31)28(22)9-10-32-2)23(29)15-11-16(26)19(34-4)12-18(15)33-3/h5-8,11-12,22,27,29H,9-10H2,1-4H3/b23-21+. The topological polar surface area (TPSA) is 101 Å². The monoisotopic (exact) mass is 484 g/mol. The van der Waals surface area contributed by atoms with Gasteiger partial charge in [0.1, 0.15) is 17.3 Å². The maximum atomic E-state index is 13.3. The molecule has 1 aromatic heterocycles. The van der Waals surface area contributed by atoms with E-state index in [2.05, 4.69) is 4.98 Å². The molecule has 0 spiro atoms. The van der Waals surface area contributed by atoms with Crippen LogP contribution in [0.2, 0.25) is 5.02 Å². The second-order valence-corrected chi connectivity index (χ2v) is 8.29. The summed E-state index contributed by atoms with van der Waals surface area (Å²) in [6.45, 7) is 2.27. The smallest absolute Gasteiger partial charge is 0.295 e. The first-order valence-corrected chi connectivity index (χ1v) is 11.0. The van der Waals surface area contributed by atoms with Gasteiger partial charge in [-0.05, 0) is 19.1 Å². The number of rotatable bonds is 7. The molecule has 3 aromatic rings. The molecule has 34 heavy (non-hydrogen) atoms. The van der Waals surface area contributed by atoms with Crippen molar-refractivity contribution < 1.29 is 28.9 Å². The molecule has 178 valence electrons. The first-order valence-electron chi connectivity index (χ1n) is 10.6. The number of aliphatic hydroxyl groups excluding tert-OH is 1. The first kappa shape index (κ1) is 23.7. The van der Waals surface area contributed by atoms with Crippen LogP contribution in [0.1, 0.15) is 22.9 Å². The average Bonchev–Trinajstić information content (AvgIpc) is 3.29. The Bertz CT molecular complexity index is 1310. The molecule has 0 radical (unpaired) electrons. The van der Waals surface area contributed by atoms with Crippen LogP contribution in [-0.4, -0.2) is 61.2 Å². The molecular formula is C25H25ClN2O6. The van der Waals surface area contributed by atoms with Gasteiger partial charge in [-0.25, -0.2) is 0 Å². The summed E-state index contributed by atoms with van der Waals surface area (Å²) >= 11 is 6.31. The van der Waals surface area contributed by atoms with Gasteiger partial charge in [-0.15, -0.1) is 0 Å². The summed E-state index contributed by atoms with van der Waals surface area (Å²) in [6.07, 6.45) is 0. The van der Waals surface area contributed by atoms with Crippen molar-refractivity contribution in [3.05, 3.63) is 63.8 Å². The number of hydrogen-bond acceptors (Lipinski definition) is 6. The zero-order valence-electron chi connectivity index (χ0n) is 19.3. The van der Waals surface area contributed by atoms with E-state index in [1.54, 1.807) is 0 Å². The molecule has 1 unspecified atom stereocenters. The SMILES string of the molecule is COCCN1C(=O)C(=O)/C(=C(/O)c2cc(Cl)c(OC)cc2OC)C1c1c(C)[nH]c2ccccc12. The number of hydrogen-bond donors (Lipinski definition) is 2. The fraction of sp³-hybridized carbons (Fsp3) is 0.280. The highest BCUT2D eigenvalue weighted by Gasteiger charge is 2.47. The van der Waals surface area contributed by atoms with Crippen LogP contribution in [0.4, 0.5) is 0 Å². The molecule has 1 saturated heterocycles. The second kappa shape index (κ2) is 9.40. The van der Waals surface area contributed by atoms with E-state index < -0.39 is 17.7 Å². The number of amides is 1. The highest BCUT2D eigenvalue weighted by molar-refractivity contribution is 6.47. The number of aliphatic hydroxyl groups is 1. The lowest BCUT2D eigenvalue weighted by Gasteiger charge is -2.25. The number of aryl methyl sites for hydroxylation is 1. The van der Waals surface area contributed by atoms with Crippen molar-refractivity contribution in [3.8, 4) is 11.5 Å².